The quantitative estimate of drug-likeness (QED) is 0.392. The smallest absolute Gasteiger partial charge is 0.268 e. The van der Waals surface area contributed by atoms with Crippen molar-refractivity contribution in [2.75, 3.05) is 0 Å². The fourth-order valence-corrected chi connectivity index (χ4v) is 2.70. The maximum absolute atomic E-state index is 11.5. The van der Waals surface area contributed by atoms with Crippen LogP contribution in [-0.4, -0.2) is 5.91 Å². The van der Waals surface area contributed by atoms with E-state index in [4.69, 9.17) is 33.5 Å². The molecule has 1 aromatic heterocycles. The number of amides is 1. The van der Waals surface area contributed by atoms with Gasteiger partial charge >= 0.3 is 0 Å². The first-order valence-electron chi connectivity index (χ1n) is 5.27. The van der Waals surface area contributed by atoms with Crippen molar-refractivity contribution in [3.63, 3.8) is 0 Å². The van der Waals surface area contributed by atoms with E-state index in [9.17, 15) is 4.79 Å². The first-order valence-corrected chi connectivity index (χ1v) is 7.01. The molecule has 0 aliphatic carbocycles. The van der Waals surface area contributed by atoms with Crippen LogP contribution in [0.5, 0.6) is 0 Å². The minimum absolute atomic E-state index is 0.376. The van der Waals surface area contributed by atoms with E-state index in [0.717, 1.165) is 4.90 Å². The van der Waals surface area contributed by atoms with Crippen LogP contribution in [0.15, 0.2) is 39.8 Å². The summed E-state index contributed by atoms with van der Waals surface area (Å²) in [4.78, 5) is 12.4. The van der Waals surface area contributed by atoms with Crippen LogP contribution in [0.3, 0.4) is 0 Å². The summed E-state index contributed by atoms with van der Waals surface area (Å²) in [6.07, 6.45) is 1.45. The van der Waals surface area contributed by atoms with Gasteiger partial charge in [-0.2, -0.15) is 0 Å². The molecule has 0 atom stereocenters. The minimum atomic E-state index is -0.376. The average molecular weight is 317 g/mol. The molecule has 7 heteroatoms. The summed E-state index contributed by atoms with van der Waals surface area (Å²) in [6.45, 7) is 0. The Hall–Kier alpha value is -1.14. The van der Waals surface area contributed by atoms with Gasteiger partial charge in [-0.15, -0.1) is 11.8 Å². The number of hydrogen-bond donors (Lipinski definition) is 2. The second-order valence-corrected chi connectivity index (χ2v) is 5.46. The first kappa shape index (κ1) is 14.3. The Bertz CT molecular complexity index is 601. The van der Waals surface area contributed by atoms with E-state index in [1.807, 2.05) is 6.07 Å². The van der Waals surface area contributed by atoms with Gasteiger partial charge in [0.15, 0.2) is 0 Å². The van der Waals surface area contributed by atoms with E-state index >= 15 is 0 Å². The summed E-state index contributed by atoms with van der Waals surface area (Å²) in [6, 6.07) is 6.92. The van der Waals surface area contributed by atoms with E-state index in [1.165, 1.54) is 18.0 Å². The van der Waals surface area contributed by atoms with Crippen LogP contribution in [0.2, 0.25) is 10.0 Å². The molecule has 1 amide bonds. The van der Waals surface area contributed by atoms with Crippen LogP contribution in [-0.2, 0) is 5.75 Å². The highest BCUT2D eigenvalue weighted by Crippen LogP contribution is 2.30. The number of thioether (sulfide) groups is 1. The normalized spacial score (nSPS) is 10.5. The first-order chi connectivity index (χ1) is 9.11. The maximum atomic E-state index is 11.5. The third-order valence-corrected chi connectivity index (χ3v) is 4.11. The molecule has 0 bridgehead atoms. The van der Waals surface area contributed by atoms with Crippen LogP contribution >= 0.6 is 35.0 Å². The number of hydrazine groups is 1. The Balaban J connectivity index is 2.08. The van der Waals surface area contributed by atoms with Crippen molar-refractivity contribution >= 4 is 40.9 Å². The molecule has 2 rings (SSSR count). The number of hydrogen-bond acceptors (Lipinski definition) is 4. The number of benzene rings is 1. The van der Waals surface area contributed by atoms with Gasteiger partial charge in [-0.25, -0.2) is 5.84 Å². The van der Waals surface area contributed by atoms with Crippen LogP contribution in [0.4, 0.5) is 0 Å². The zero-order valence-electron chi connectivity index (χ0n) is 9.65. The summed E-state index contributed by atoms with van der Waals surface area (Å²) in [5, 5.41) is 0.998. The van der Waals surface area contributed by atoms with E-state index in [0.29, 0.717) is 27.1 Å². The third kappa shape index (κ3) is 3.45. The second-order valence-electron chi connectivity index (χ2n) is 3.60. The summed E-state index contributed by atoms with van der Waals surface area (Å²) >= 11 is 13.3. The zero-order chi connectivity index (χ0) is 13.8. The van der Waals surface area contributed by atoms with Gasteiger partial charge in [-0.3, -0.25) is 10.2 Å². The average Bonchev–Trinajstić information content (AvgIpc) is 2.87. The van der Waals surface area contributed by atoms with Crippen LogP contribution in [0.1, 0.15) is 16.1 Å². The van der Waals surface area contributed by atoms with Crippen molar-refractivity contribution < 1.29 is 9.21 Å². The van der Waals surface area contributed by atoms with Gasteiger partial charge in [0.2, 0.25) is 0 Å². The lowest BCUT2D eigenvalue weighted by Gasteiger charge is -2.03. The van der Waals surface area contributed by atoms with Gasteiger partial charge in [0.05, 0.1) is 27.6 Å². The Morgan fingerprint density at radius 3 is 2.79 bits per heavy atom. The Morgan fingerprint density at radius 1 is 1.32 bits per heavy atom. The molecule has 19 heavy (non-hydrogen) atoms. The fourth-order valence-electron chi connectivity index (χ4n) is 1.45. The number of furan rings is 1. The molecule has 4 nitrogen and oxygen atoms in total. The van der Waals surface area contributed by atoms with Crippen LogP contribution in [0.25, 0.3) is 0 Å². The fraction of sp³-hybridized carbons (Fsp3) is 0.0833. The molecule has 0 radical (unpaired) electrons. The molecule has 0 unspecified atom stereocenters. The zero-order valence-corrected chi connectivity index (χ0v) is 12.0. The summed E-state index contributed by atoms with van der Waals surface area (Å²) in [5.41, 5.74) is 2.50. The van der Waals surface area contributed by atoms with Crippen molar-refractivity contribution in [2.45, 2.75) is 10.6 Å². The Kier molecular flexibility index (Phi) is 4.76. The highest BCUT2D eigenvalue weighted by Gasteiger charge is 2.13. The highest BCUT2D eigenvalue weighted by atomic mass is 35.5. The number of nitrogens with two attached hydrogens (primary N) is 1. The molecular weight excluding hydrogens is 307 g/mol. The molecule has 100 valence electrons. The molecule has 0 aliphatic rings. The molecule has 0 fully saturated rings. The van der Waals surface area contributed by atoms with E-state index in [-0.39, 0.29) is 5.91 Å². The monoisotopic (exact) mass is 316 g/mol. The minimum Gasteiger partial charge on any atom is -0.468 e. The molecule has 0 saturated heterocycles. The third-order valence-electron chi connectivity index (χ3n) is 2.38. The number of nitrogens with one attached hydrogen (secondary N) is 1. The van der Waals surface area contributed by atoms with Crippen LogP contribution in [0, 0.1) is 0 Å². The van der Waals surface area contributed by atoms with Crippen molar-refractivity contribution in [1.29, 1.82) is 0 Å². The van der Waals surface area contributed by atoms with Crippen molar-refractivity contribution in [1.82, 2.24) is 5.43 Å². The maximum Gasteiger partial charge on any atom is 0.268 e. The number of nitrogen functional groups attached to an aromatic ring is 1. The summed E-state index contributed by atoms with van der Waals surface area (Å²) in [7, 11) is 0. The predicted molar refractivity (Wildman–Crippen MR) is 76.4 cm³/mol. The van der Waals surface area contributed by atoms with Gasteiger partial charge in [0, 0.05) is 4.90 Å². The SMILES string of the molecule is NNC(=O)c1ccoc1CSc1ccc(Cl)c(Cl)c1. The largest absolute Gasteiger partial charge is 0.468 e. The number of carbonyl (C=O) groups is 1. The predicted octanol–water partition coefficient (Wildman–Crippen LogP) is 3.48. The highest BCUT2D eigenvalue weighted by molar-refractivity contribution is 7.98. The number of rotatable bonds is 4. The van der Waals surface area contributed by atoms with E-state index in [1.54, 1.807) is 18.2 Å². The van der Waals surface area contributed by atoms with Crippen LogP contribution < -0.4 is 11.3 Å². The summed E-state index contributed by atoms with van der Waals surface area (Å²) < 4.78 is 5.27. The second kappa shape index (κ2) is 6.34. The lowest BCUT2D eigenvalue weighted by atomic mass is 10.2. The van der Waals surface area contributed by atoms with E-state index in [2.05, 4.69) is 5.43 Å². The molecule has 0 spiro atoms. The molecule has 3 N–H and O–H groups in total. The van der Waals surface area contributed by atoms with Gasteiger partial charge in [-0.05, 0) is 24.3 Å². The lowest BCUT2D eigenvalue weighted by Crippen LogP contribution is -2.30. The van der Waals surface area contributed by atoms with E-state index < -0.39 is 0 Å². The lowest BCUT2D eigenvalue weighted by molar-refractivity contribution is 0.0952. The molecule has 0 aliphatic heterocycles. The molecule has 1 aromatic carbocycles. The number of carbonyl (C=O) groups excluding carboxylic acids is 1. The molecule has 0 saturated carbocycles. The summed E-state index contributed by atoms with van der Waals surface area (Å²) in [5.74, 6) is 5.77. The topological polar surface area (TPSA) is 68.3 Å². The van der Waals surface area contributed by atoms with Crippen molar-refractivity contribution in [2.24, 2.45) is 5.84 Å². The Labute approximate surface area is 124 Å². The standard InChI is InChI=1S/C12H10Cl2N2O2S/c13-9-2-1-7(5-10(9)14)19-6-11-8(3-4-18-11)12(17)16-15/h1-5H,6,15H2,(H,16,17). The van der Waals surface area contributed by atoms with Crippen molar-refractivity contribution in [3.8, 4) is 0 Å². The van der Waals surface area contributed by atoms with Gasteiger partial charge < -0.3 is 4.42 Å². The molecule has 2 aromatic rings. The van der Waals surface area contributed by atoms with Gasteiger partial charge in [0.25, 0.3) is 5.91 Å². The number of halogens is 2. The van der Waals surface area contributed by atoms with Gasteiger partial charge in [-0.1, -0.05) is 23.2 Å². The van der Waals surface area contributed by atoms with Crippen molar-refractivity contribution in [3.05, 3.63) is 51.9 Å². The molecular formula is C12H10Cl2N2O2S. The Morgan fingerprint density at radius 2 is 2.11 bits per heavy atom. The van der Waals surface area contributed by atoms with Gasteiger partial charge in [0.1, 0.15) is 5.76 Å². The molecule has 1 heterocycles.